The fourth-order valence-corrected chi connectivity index (χ4v) is 0. The Balaban J connectivity index is -0.0000000817. The molecule has 0 aromatic carbocycles. The first-order valence-corrected chi connectivity index (χ1v) is 3.25. The molecule has 69 valence electrons. The van der Waals surface area contributed by atoms with Gasteiger partial charge in [0.1, 0.15) is 0 Å². The van der Waals surface area contributed by atoms with E-state index >= 15 is 0 Å². The van der Waals surface area contributed by atoms with E-state index in [9.17, 15) is 0 Å². The molecule has 0 heterocycles. The van der Waals surface area contributed by atoms with Crippen molar-refractivity contribution in [3.8, 4) is 0 Å². The van der Waals surface area contributed by atoms with Crippen molar-refractivity contribution in [2.75, 3.05) is 0 Å². The van der Waals surface area contributed by atoms with Crippen LogP contribution in [0.4, 0.5) is 0 Å². The number of hydrogen-bond donors (Lipinski definition) is 0. The summed E-state index contributed by atoms with van der Waals surface area (Å²) in [6.45, 7) is 13.6. The van der Waals surface area contributed by atoms with Crippen LogP contribution < -0.4 is 0 Å². The van der Waals surface area contributed by atoms with Gasteiger partial charge >= 0.3 is 0 Å². The third-order valence-electron chi connectivity index (χ3n) is 2.25. The second-order valence-electron chi connectivity index (χ2n) is 4.50. The van der Waals surface area contributed by atoms with E-state index in [1.54, 1.807) is 0 Å². The van der Waals surface area contributed by atoms with Crippen LogP contribution in [0.5, 0.6) is 0 Å². The Kier molecular flexibility index (Phi) is 13.6. The smallest absolute Gasteiger partial charge is 0 e. The van der Waals surface area contributed by atoms with Crippen LogP contribution in [0.25, 0.3) is 0 Å². The second kappa shape index (κ2) is 6.60. The molecule has 0 aromatic heterocycles. The molecule has 0 rings (SSSR count). The van der Waals surface area contributed by atoms with E-state index in [1.165, 1.54) is 0 Å². The van der Waals surface area contributed by atoms with Gasteiger partial charge in [0, 0.05) is 32.7 Å². The van der Waals surface area contributed by atoms with E-state index in [1.807, 2.05) is 0 Å². The molecular formula is C10H24Y-2. The third kappa shape index (κ3) is 9.01. The van der Waals surface area contributed by atoms with Crippen molar-refractivity contribution in [1.82, 2.24) is 0 Å². The molecule has 0 aliphatic carbocycles. The summed E-state index contributed by atoms with van der Waals surface area (Å²) in [6, 6.07) is 0. The predicted molar refractivity (Wildman–Crippen MR) is 51.7 cm³/mol. The Labute approximate surface area is 99.4 Å². The van der Waals surface area contributed by atoms with Crippen molar-refractivity contribution in [2.45, 2.75) is 41.5 Å². The van der Waals surface area contributed by atoms with Gasteiger partial charge in [-0.05, 0) is 10.8 Å². The topological polar surface area (TPSA) is 0 Å². The van der Waals surface area contributed by atoms with Gasteiger partial charge in [-0.1, -0.05) is 41.5 Å². The zero-order chi connectivity index (χ0) is 7.00. The van der Waals surface area contributed by atoms with E-state index in [4.69, 9.17) is 0 Å². The molecule has 0 amide bonds. The van der Waals surface area contributed by atoms with Gasteiger partial charge in [-0.25, -0.2) is 0 Å². The van der Waals surface area contributed by atoms with Crippen LogP contribution in [0.1, 0.15) is 41.5 Å². The van der Waals surface area contributed by atoms with Gasteiger partial charge < -0.3 is 14.9 Å². The van der Waals surface area contributed by atoms with Crippen molar-refractivity contribution in [3.05, 3.63) is 14.9 Å². The summed E-state index contributed by atoms with van der Waals surface area (Å²) < 4.78 is 0. The summed E-state index contributed by atoms with van der Waals surface area (Å²) in [7, 11) is 0. The Morgan fingerprint density at radius 3 is 0.636 bits per heavy atom. The quantitative estimate of drug-likeness (QED) is 0.555. The molecule has 0 fully saturated rings. The molecule has 0 aromatic rings. The van der Waals surface area contributed by atoms with Crippen molar-refractivity contribution in [2.24, 2.45) is 10.8 Å². The standard InChI is InChI=1S/C8H18.2CH3.Y/c1-7(2,3)8(4,5)6;;;/h1-6H3;2*1H3;/q;2*-1;. The van der Waals surface area contributed by atoms with E-state index in [2.05, 4.69) is 41.5 Å². The summed E-state index contributed by atoms with van der Waals surface area (Å²) in [5.41, 5.74) is 0.875. The Morgan fingerprint density at radius 2 is 0.636 bits per heavy atom. The van der Waals surface area contributed by atoms with E-state index in [0.717, 1.165) is 0 Å². The zero-order valence-electron chi connectivity index (χ0n) is 9.58. The zero-order valence-corrected chi connectivity index (χ0v) is 12.4. The average molecular weight is 233 g/mol. The van der Waals surface area contributed by atoms with Gasteiger partial charge in [-0.15, -0.1) is 0 Å². The average Bonchev–Trinajstić information content (AvgIpc) is 1.25. The van der Waals surface area contributed by atoms with Crippen LogP contribution in [0, 0.1) is 25.7 Å². The summed E-state index contributed by atoms with van der Waals surface area (Å²) in [4.78, 5) is 0. The van der Waals surface area contributed by atoms with Crippen molar-refractivity contribution in [1.29, 1.82) is 0 Å². The summed E-state index contributed by atoms with van der Waals surface area (Å²) in [5, 5.41) is 0. The molecule has 0 aliphatic heterocycles. The molecule has 0 bridgehead atoms. The molecule has 11 heavy (non-hydrogen) atoms. The van der Waals surface area contributed by atoms with Gasteiger partial charge in [0.25, 0.3) is 0 Å². The Hall–Kier alpha value is 1.10. The Morgan fingerprint density at radius 1 is 0.545 bits per heavy atom. The summed E-state index contributed by atoms with van der Waals surface area (Å²) in [6.07, 6.45) is 0. The van der Waals surface area contributed by atoms with Crippen molar-refractivity contribution in [3.63, 3.8) is 0 Å². The molecule has 0 spiro atoms. The van der Waals surface area contributed by atoms with Gasteiger partial charge in [0.2, 0.25) is 0 Å². The van der Waals surface area contributed by atoms with Crippen molar-refractivity contribution < 1.29 is 32.7 Å². The minimum absolute atomic E-state index is 0. The Bertz CT molecular complexity index is 59.9. The molecule has 0 aliphatic rings. The summed E-state index contributed by atoms with van der Waals surface area (Å²) >= 11 is 0. The molecule has 0 atom stereocenters. The normalized spacial score (nSPS) is 10.4. The minimum atomic E-state index is 0. The number of hydrogen-bond acceptors (Lipinski definition) is 0. The minimum Gasteiger partial charge on any atom is -0.358 e. The van der Waals surface area contributed by atoms with E-state index in [-0.39, 0.29) is 47.6 Å². The van der Waals surface area contributed by atoms with Gasteiger partial charge in [0.15, 0.2) is 0 Å². The molecule has 0 nitrogen and oxygen atoms in total. The fraction of sp³-hybridized carbons (Fsp3) is 0.800. The van der Waals surface area contributed by atoms with Crippen LogP contribution in [0.15, 0.2) is 0 Å². The first kappa shape index (κ1) is 22.7. The first-order chi connectivity index (χ1) is 3.25. The monoisotopic (exact) mass is 233 g/mol. The van der Waals surface area contributed by atoms with E-state index in [0.29, 0.717) is 10.8 Å². The van der Waals surface area contributed by atoms with Gasteiger partial charge in [0.05, 0.1) is 0 Å². The molecule has 0 unspecified atom stereocenters. The predicted octanol–water partition coefficient (Wildman–Crippen LogP) is 3.98. The second-order valence-corrected chi connectivity index (χ2v) is 4.50. The molecular weight excluding hydrogens is 209 g/mol. The molecule has 1 heteroatoms. The molecule has 0 N–H and O–H groups in total. The van der Waals surface area contributed by atoms with Crippen LogP contribution in [-0.2, 0) is 32.7 Å². The molecule has 0 saturated heterocycles. The van der Waals surface area contributed by atoms with Crippen molar-refractivity contribution >= 4 is 0 Å². The van der Waals surface area contributed by atoms with Crippen LogP contribution in [-0.4, -0.2) is 0 Å². The van der Waals surface area contributed by atoms with Crippen LogP contribution in [0.2, 0.25) is 0 Å². The maximum Gasteiger partial charge on any atom is 0 e. The molecule has 0 saturated carbocycles. The largest absolute Gasteiger partial charge is 0.358 e. The molecule has 1 radical (unpaired) electrons. The maximum absolute atomic E-state index is 2.27. The number of rotatable bonds is 0. The summed E-state index contributed by atoms with van der Waals surface area (Å²) in [5.74, 6) is 0. The van der Waals surface area contributed by atoms with Crippen LogP contribution >= 0.6 is 0 Å². The third-order valence-corrected chi connectivity index (χ3v) is 2.25. The first-order valence-electron chi connectivity index (χ1n) is 3.25. The van der Waals surface area contributed by atoms with E-state index < -0.39 is 0 Å². The fourth-order valence-electron chi connectivity index (χ4n) is 0. The van der Waals surface area contributed by atoms with Gasteiger partial charge in [-0.2, -0.15) is 0 Å². The SMILES string of the molecule is CC(C)(C)C(C)(C)C.[CH3-].[CH3-].[Y]. The van der Waals surface area contributed by atoms with Crippen LogP contribution in [0.3, 0.4) is 0 Å². The van der Waals surface area contributed by atoms with Gasteiger partial charge in [-0.3, -0.25) is 0 Å². The maximum atomic E-state index is 2.27.